The summed E-state index contributed by atoms with van der Waals surface area (Å²) in [6, 6.07) is 0. The van der Waals surface area contributed by atoms with E-state index in [4.69, 9.17) is 14.2 Å². The lowest BCUT2D eigenvalue weighted by atomic mass is 10.1. The number of hydrogen-bond acceptors (Lipinski definition) is 6. The number of ether oxygens (including phenoxy) is 3. The van der Waals surface area contributed by atoms with Gasteiger partial charge in [0, 0.05) is 19.3 Å². The zero-order valence-corrected chi connectivity index (χ0v) is 50.5. The Morgan fingerprint density at radius 3 is 0.763 bits per heavy atom. The van der Waals surface area contributed by atoms with Crippen LogP contribution in [0.5, 0.6) is 0 Å². The first-order chi connectivity index (χ1) is 37.5. The number of carbonyl (C=O) groups excluding carboxylic acids is 3. The van der Waals surface area contributed by atoms with Crippen LogP contribution in [-0.4, -0.2) is 37.2 Å². The van der Waals surface area contributed by atoms with Crippen molar-refractivity contribution in [3.63, 3.8) is 0 Å². The first-order valence-electron chi connectivity index (χ1n) is 32.9. The Morgan fingerprint density at radius 2 is 0.474 bits per heavy atom. The normalized spacial score (nSPS) is 12.5. The van der Waals surface area contributed by atoms with Gasteiger partial charge in [0.05, 0.1) is 0 Å². The van der Waals surface area contributed by atoms with Gasteiger partial charge in [0.25, 0.3) is 0 Å². The Hall–Kier alpha value is -3.15. The molecule has 0 aliphatic rings. The molecule has 0 amide bonds. The van der Waals surface area contributed by atoms with E-state index in [1.807, 2.05) is 0 Å². The van der Waals surface area contributed by atoms with Gasteiger partial charge in [-0.2, -0.15) is 0 Å². The highest BCUT2D eigenvalue weighted by molar-refractivity contribution is 5.71. The Labute approximate surface area is 472 Å². The standard InChI is InChI=1S/C70H124O6/c1-4-7-10-13-16-19-22-25-28-31-34-35-37-39-42-45-48-51-54-57-60-63-69(72)75-66-67(65-74-68(71)62-59-56-53-50-47-44-41-38-33-30-27-24-21-18-15-12-9-6-3)76-70(73)64-61-58-55-52-49-46-43-40-36-32-29-26-23-20-17-14-11-8-5-2/h17,20-22,24-26,29-31,33-34,67H,4-16,18-19,23,27-28,32,35-66H2,1-3H3/b20-17-,24-21-,25-22-,29-26-,33-30-,34-31-. The van der Waals surface area contributed by atoms with Crippen molar-refractivity contribution in [3.8, 4) is 0 Å². The van der Waals surface area contributed by atoms with Crippen LogP contribution in [0, 0.1) is 0 Å². The highest BCUT2D eigenvalue weighted by Gasteiger charge is 2.19. The predicted octanol–water partition coefficient (Wildman–Crippen LogP) is 22.5. The van der Waals surface area contributed by atoms with E-state index in [0.29, 0.717) is 19.3 Å². The lowest BCUT2D eigenvalue weighted by Crippen LogP contribution is -2.30. The van der Waals surface area contributed by atoms with Gasteiger partial charge < -0.3 is 14.2 Å². The number of allylic oxidation sites excluding steroid dienone is 12. The molecule has 440 valence electrons. The van der Waals surface area contributed by atoms with Crippen molar-refractivity contribution in [2.24, 2.45) is 0 Å². The average Bonchev–Trinajstić information content (AvgIpc) is 3.42. The fourth-order valence-corrected chi connectivity index (χ4v) is 9.42. The summed E-state index contributed by atoms with van der Waals surface area (Å²) in [5.41, 5.74) is 0. The average molecular weight is 1060 g/mol. The van der Waals surface area contributed by atoms with Gasteiger partial charge in [0.15, 0.2) is 6.10 Å². The van der Waals surface area contributed by atoms with E-state index >= 15 is 0 Å². The second-order valence-electron chi connectivity index (χ2n) is 22.0. The predicted molar refractivity (Wildman–Crippen MR) is 330 cm³/mol. The van der Waals surface area contributed by atoms with Gasteiger partial charge in [-0.25, -0.2) is 0 Å². The first-order valence-corrected chi connectivity index (χ1v) is 32.9. The number of esters is 3. The maximum atomic E-state index is 12.9. The third kappa shape index (κ3) is 61.7. The summed E-state index contributed by atoms with van der Waals surface area (Å²) in [4.78, 5) is 38.4. The van der Waals surface area contributed by atoms with Crippen molar-refractivity contribution < 1.29 is 28.6 Å². The van der Waals surface area contributed by atoms with Crippen molar-refractivity contribution >= 4 is 17.9 Å². The highest BCUT2D eigenvalue weighted by Crippen LogP contribution is 2.16. The second-order valence-corrected chi connectivity index (χ2v) is 22.0. The van der Waals surface area contributed by atoms with Gasteiger partial charge in [-0.3, -0.25) is 14.4 Å². The Kier molecular flexibility index (Phi) is 61.7. The van der Waals surface area contributed by atoms with Crippen LogP contribution in [0.2, 0.25) is 0 Å². The summed E-state index contributed by atoms with van der Waals surface area (Å²) in [7, 11) is 0. The maximum Gasteiger partial charge on any atom is 0.306 e. The lowest BCUT2D eigenvalue weighted by molar-refractivity contribution is -0.167. The molecule has 0 spiro atoms. The molecule has 0 aromatic heterocycles. The second kappa shape index (κ2) is 64.4. The molecule has 6 nitrogen and oxygen atoms in total. The minimum absolute atomic E-state index is 0.0806. The van der Waals surface area contributed by atoms with Gasteiger partial charge in [0.2, 0.25) is 0 Å². The zero-order valence-electron chi connectivity index (χ0n) is 50.5. The molecule has 0 saturated heterocycles. The van der Waals surface area contributed by atoms with Crippen molar-refractivity contribution in [1.82, 2.24) is 0 Å². The molecule has 1 unspecified atom stereocenters. The van der Waals surface area contributed by atoms with E-state index in [1.165, 1.54) is 212 Å². The number of carbonyl (C=O) groups is 3. The van der Waals surface area contributed by atoms with E-state index in [2.05, 4.69) is 93.7 Å². The minimum atomic E-state index is -0.785. The van der Waals surface area contributed by atoms with E-state index in [9.17, 15) is 14.4 Å². The maximum absolute atomic E-state index is 12.9. The van der Waals surface area contributed by atoms with Crippen molar-refractivity contribution in [2.45, 2.75) is 341 Å². The van der Waals surface area contributed by atoms with Crippen LogP contribution in [0.1, 0.15) is 335 Å². The highest BCUT2D eigenvalue weighted by atomic mass is 16.6. The van der Waals surface area contributed by atoms with E-state index in [-0.39, 0.29) is 31.1 Å². The molecule has 0 aromatic carbocycles. The lowest BCUT2D eigenvalue weighted by Gasteiger charge is -2.18. The van der Waals surface area contributed by atoms with Gasteiger partial charge in [-0.1, -0.05) is 273 Å². The molecule has 0 radical (unpaired) electrons. The van der Waals surface area contributed by atoms with Crippen LogP contribution in [0.3, 0.4) is 0 Å². The van der Waals surface area contributed by atoms with Gasteiger partial charge in [0.1, 0.15) is 13.2 Å². The summed E-state index contributed by atoms with van der Waals surface area (Å²) in [5, 5.41) is 0. The SMILES string of the molecule is CCCCC/C=C\C/C=C\CCCCCCCCCCCC(=O)OC(COC(=O)CCCCCCCCC/C=C\C/C=C\CCCCCC)COC(=O)CCCCCCCCCCC/C=C\C/C=C\CCCCCCC. The number of rotatable bonds is 60. The molecule has 0 fully saturated rings. The third-order valence-corrected chi connectivity index (χ3v) is 14.4. The quantitative estimate of drug-likeness (QED) is 0.0261. The Bertz CT molecular complexity index is 1400. The molecule has 0 saturated carbocycles. The van der Waals surface area contributed by atoms with Crippen LogP contribution in [-0.2, 0) is 28.6 Å². The van der Waals surface area contributed by atoms with Crippen LogP contribution < -0.4 is 0 Å². The fraction of sp³-hybridized carbons (Fsp3) is 0.786. The zero-order chi connectivity index (χ0) is 55.0. The van der Waals surface area contributed by atoms with Gasteiger partial charge >= 0.3 is 17.9 Å². The molecule has 6 heteroatoms. The summed E-state index contributed by atoms with van der Waals surface area (Å²) in [6.45, 7) is 6.62. The van der Waals surface area contributed by atoms with Crippen LogP contribution in [0.25, 0.3) is 0 Å². The Balaban J connectivity index is 4.39. The van der Waals surface area contributed by atoms with E-state index in [1.54, 1.807) is 0 Å². The Morgan fingerprint density at radius 1 is 0.263 bits per heavy atom. The summed E-state index contributed by atoms with van der Waals surface area (Å²) in [6.07, 6.45) is 83.2. The molecule has 0 bridgehead atoms. The van der Waals surface area contributed by atoms with Crippen LogP contribution >= 0.6 is 0 Å². The number of hydrogen-bond donors (Lipinski definition) is 0. The van der Waals surface area contributed by atoms with E-state index < -0.39 is 6.10 Å². The van der Waals surface area contributed by atoms with Gasteiger partial charge in [-0.05, 0) is 116 Å². The molecular formula is C70H124O6. The summed E-state index contributed by atoms with van der Waals surface area (Å²) >= 11 is 0. The molecule has 0 aromatic rings. The molecule has 0 rings (SSSR count). The molecule has 0 N–H and O–H groups in total. The van der Waals surface area contributed by atoms with Crippen molar-refractivity contribution in [1.29, 1.82) is 0 Å². The van der Waals surface area contributed by atoms with E-state index in [0.717, 1.165) is 83.5 Å². The van der Waals surface area contributed by atoms with Crippen LogP contribution in [0.4, 0.5) is 0 Å². The van der Waals surface area contributed by atoms with Crippen LogP contribution in [0.15, 0.2) is 72.9 Å². The number of unbranched alkanes of at least 4 members (excludes halogenated alkanes) is 37. The summed E-state index contributed by atoms with van der Waals surface area (Å²) < 4.78 is 17.0. The molecule has 0 heterocycles. The topological polar surface area (TPSA) is 78.9 Å². The fourth-order valence-electron chi connectivity index (χ4n) is 9.42. The smallest absolute Gasteiger partial charge is 0.306 e. The molecular weight excluding hydrogens is 937 g/mol. The minimum Gasteiger partial charge on any atom is -0.462 e. The molecule has 0 aliphatic heterocycles. The largest absolute Gasteiger partial charge is 0.462 e. The van der Waals surface area contributed by atoms with Crippen molar-refractivity contribution in [3.05, 3.63) is 72.9 Å². The third-order valence-electron chi connectivity index (χ3n) is 14.4. The molecule has 0 aliphatic carbocycles. The molecule has 76 heavy (non-hydrogen) atoms. The van der Waals surface area contributed by atoms with Gasteiger partial charge in [-0.15, -0.1) is 0 Å². The van der Waals surface area contributed by atoms with Crippen molar-refractivity contribution in [2.75, 3.05) is 13.2 Å². The summed E-state index contributed by atoms with van der Waals surface area (Å²) in [5.74, 6) is -0.880. The monoisotopic (exact) mass is 1060 g/mol. The molecule has 1 atom stereocenters. The first kappa shape index (κ1) is 72.8.